The van der Waals surface area contributed by atoms with Crippen molar-refractivity contribution in [1.29, 1.82) is 0 Å². The van der Waals surface area contributed by atoms with Crippen molar-refractivity contribution in [2.45, 2.75) is 18.7 Å². The Hall–Kier alpha value is -0.920. The number of primary sulfonamides is 1. The maximum absolute atomic E-state index is 11.3. The first-order chi connectivity index (χ1) is 6.86. The van der Waals surface area contributed by atoms with Gasteiger partial charge in [0, 0.05) is 4.88 Å². The van der Waals surface area contributed by atoms with Crippen molar-refractivity contribution in [2.75, 3.05) is 6.61 Å². The first-order valence-electron chi connectivity index (χ1n) is 4.16. The summed E-state index contributed by atoms with van der Waals surface area (Å²) in [6.07, 6.45) is 0. The molecule has 0 saturated carbocycles. The van der Waals surface area contributed by atoms with Gasteiger partial charge in [-0.25, -0.2) is 18.4 Å². The third-order valence-corrected chi connectivity index (χ3v) is 3.85. The van der Waals surface area contributed by atoms with Gasteiger partial charge in [0.1, 0.15) is 4.88 Å². The molecule has 0 aliphatic heterocycles. The topological polar surface area (TPSA) is 86.5 Å². The third-order valence-electron chi connectivity index (χ3n) is 1.66. The lowest BCUT2D eigenvalue weighted by Gasteiger charge is -1.96. The number of carbonyl (C=O) groups is 1. The molecule has 0 bridgehead atoms. The van der Waals surface area contributed by atoms with Gasteiger partial charge < -0.3 is 4.74 Å². The van der Waals surface area contributed by atoms with Gasteiger partial charge in [0.15, 0.2) is 0 Å². The number of rotatable bonds is 3. The third kappa shape index (κ3) is 2.77. The molecule has 0 aromatic carbocycles. The van der Waals surface area contributed by atoms with Crippen molar-refractivity contribution < 1.29 is 17.9 Å². The Morgan fingerprint density at radius 1 is 1.60 bits per heavy atom. The van der Waals surface area contributed by atoms with Gasteiger partial charge in [0.25, 0.3) is 0 Å². The zero-order valence-electron chi connectivity index (χ0n) is 8.31. The van der Waals surface area contributed by atoms with Gasteiger partial charge in [0.2, 0.25) is 10.0 Å². The zero-order valence-corrected chi connectivity index (χ0v) is 9.94. The van der Waals surface area contributed by atoms with E-state index in [0.29, 0.717) is 4.88 Å². The van der Waals surface area contributed by atoms with Crippen LogP contribution in [0.3, 0.4) is 0 Å². The van der Waals surface area contributed by atoms with E-state index in [2.05, 4.69) is 0 Å². The number of aryl methyl sites for hydroxylation is 1. The number of thiophene rings is 1. The molecule has 0 amide bonds. The molecular weight excluding hydrogens is 238 g/mol. The van der Waals surface area contributed by atoms with E-state index in [1.165, 1.54) is 6.07 Å². The number of esters is 1. The van der Waals surface area contributed by atoms with E-state index < -0.39 is 16.0 Å². The highest BCUT2D eigenvalue weighted by Crippen LogP contribution is 2.25. The number of ether oxygens (including phenoxy) is 1. The van der Waals surface area contributed by atoms with E-state index >= 15 is 0 Å². The average Bonchev–Trinajstić information content (AvgIpc) is 2.47. The molecule has 84 valence electrons. The maximum Gasteiger partial charge on any atom is 0.348 e. The van der Waals surface area contributed by atoms with Gasteiger partial charge in [-0.3, -0.25) is 0 Å². The van der Waals surface area contributed by atoms with Crippen molar-refractivity contribution in [3.63, 3.8) is 0 Å². The van der Waals surface area contributed by atoms with Crippen LogP contribution in [0.15, 0.2) is 11.0 Å². The zero-order chi connectivity index (χ0) is 11.6. The summed E-state index contributed by atoms with van der Waals surface area (Å²) in [5.41, 5.74) is 0. The lowest BCUT2D eigenvalue weighted by atomic mass is 10.4. The second-order valence-electron chi connectivity index (χ2n) is 2.80. The van der Waals surface area contributed by atoms with Gasteiger partial charge in [-0.1, -0.05) is 0 Å². The van der Waals surface area contributed by atoms with Gasteiger partial charge in [0.05, 0.1) is 11.5 Å². The van der Waals surface area contributed by atoms with Crippen molar-refractivity contribution >= 4 is 27.3 Å². The number of carbonyl (C=O) groups excluding carboxylic acids is 1. The summed E-state index contributed by atoms with van der Waals surface area (Å²) < 4.78 is 26.9. The summed E-state index contributed by atoms with van der Waals surface area (Å²) >= 11 is 1.06. The SMILES string of the molecule is CCOC(=O)c1cc(S(N)(=O)=O)c(C)s1. The summed E-state index contributed by atoms with van der Waals surface area (Å²) in [6.45, 7) is 3.52. The van der Waals surface area contributed by atoms with E-state index in [9.17, 15) is 13.2 Å². The highest BCUT2D eigenvalue weighted by atomic mass is 32.2. The number of hydrogen-bond donors (Lipinski definition) is 1. The summed E-state index contributed by atoms with van der Waals surface area (Å²) in [5, 5.41) is 4.97. The van der Waals surface area contributed by atoms with Gasteiger partial charge >= 0.3 is 5.97 Å². The second kappa shape index (κ2) is 4.30. The Morgan fingerprint density at radius 3 is 2.60 bits per heavy atom. The van der Waals surface area contributed by atoms with E-state index in [-0.39, 0.29) is 16.4 Å². The van der Waals surface area contributed by atoms with Crippen LogP contribution >= 0.6 is 11.3 Å². The summed E-state index contributed by atoms with van der Waals surface area (Å²) in [4.78, 5) is 12.0. The van der Waals surface area contributed by atoms with Crippen molar-refractivity contribution in [3.8, 4) is 0 Å². The highest BCUT2D eigenvalue weighted by molar-refractivity contribution is 7.89. The largest absolute Gasteiger partial charge is 0.462 e. The van der Waals surface area contributed by atoms with Crippen LogP contribution in [0, 0.1) is 6.92 Å². The molecule has 2 N–H and O–H groups in total. The second-order valence-corrected chi connectivity index (χ2v) is 5.58. The molecule has 1 heterocycles. The predicted octanol–water partition coefficient (Wildman–Crippen LogP) is 0.881. The van der Waals surface area contributed by atoms with Crippen LogP contribution in [0.4, 0.5) is 0 Å². The average molecular weight is 249 g/mol. The molecular formula is C8H11NO4S2. The first kappa shape index (κ1) is 12.2. The van der Waals surface area contributed by atoms with E-state index in [4.69, 9.17) is 9.88 Å². The van der Waals surface area contributed by atoms with E-state index in [0.717, 1.165) is 11.3 Å². The molecule has 1 aromatic heterocycles. The molecule has 15 heavy (non-hydrogen) atoms. The molecule has 1 aromatic rings. The smallest absolute Gasteiger partial charge is 0.348 e. The molecule has 7 heteroatoms. The lowest BCUT2D eigenvalue weighted by Crippen LogP contribution is -2.12. The monoisotopic (exact) mass is 249 g/mol. The quantitative estimate of drug-likeness (QED) is 0.806. The molecule has 0 saturated heterocycles. The number of nitrogens with two attached hydrogens (primary N) is 1. The van der Waals surface area contributed by atoms with Crippen LogP contribution in [0.25, 0.3) is 0 Å². The van der Waals surface area contributed by atoms with Gasteiger partial charge in [-0.05, 0) is 19.9 Å². The predicted molar refractivity (Wildman–Crippen MR) is 56.4 cm³/mol. The maximum atomic E-state index is 11.3. The van der Waals surface area contributed by atoms with Gasteiger partial charge in [-0.15, -0.1) is 11.3 Å². The Labute approximate surface area is 91.9 Å². The molecule has 0 radical (unpaired) electrons. The molecule has 0 fully saturated rings. The van der Waals surface area contributed by atoms with Crippen LogP contribution in [0.5, 0.6) is 0 Å². The number of sulfonamides is 1. The van der Waals surface area contributed by atoms with E-state index in [1.54, 1.807) is 13.8 Å². The molecule has 1 rings (SSSR count). The first-order valence-corrected chi connectivity index (χ1v) is 6.53. The Morgan fingerprint density at radius 2 is 2.20 bits per heavy atom. The fraction of sp³-hybridized carbons (Fsp3) is 0.375. The minimum absolute atomic E-state index is 0.0180. The molecule has 0 aliphatic carbocycles. The Bertz CT molecular complexity index is 475. The summed E-state index contributed by atoms with van der Waals surface area (Å²) in [6, 6.07) is 1.24. The van der Waals surface area contributed by atoms with E-state index in [1.807, 2.05) is 0 Å². The van der Waals surface area contributed by atoms with Crippen molar-refractivity contribution in [3.05, 3.63) is 15.8 Å². The molecule has 0 spiro atoms. The molecule has 5 nitrogen and oxygen atoms in total. The van der Waals surface area contributed by atoms with Crippen LogP contribution in [0.1, 0.15) is 21.5 Å². The van der Waals surface area contributed by atoms with Crippen LogP contribution in [0.2, 0.25) is 0 Å². The lowest BCUT2D eigenvalue weighted by molar-refractivity contribution is 0.0532. The minimum Gasteiger partial charge on any atom is -0.462 e. The van der Waals surface area contributed by atoms with Crippen LogP contribution in [-0.4, -0.2) is 21.0 Å². The standard InChI is InChI=1S/C8H11NO4S2/c1-3-13-8(10)6-4-7(5(2)14-6)15(9,11)12/h4H,3H2,1-2H3,(H2,9,11,12). The summed E-state index contributed by atoms with van der Waals surface area (Å²) in [5.74, 6) is -0.527. The fourth-order valence-corrected chi connectivity index (χ4v) is 3.09. The molecule has 0 atom stereocenters. The highest BCUT2D eigenvalue weighted by Gasteiger charge is 2.19. The molecule has 0 aliphatic rings. The Kier molecular flexibility index (Phi) is 3.48. The van der Waals surface area contributed by atoms with Crippen LogP contribution < -0.4 is 5.14 Å². The van der Waals surface area contributed by atoms with Crippen molar-refractivity contribution in [2.24, 2.45) is 5.14 Å². The van der Waals surface area contributed by atoms with Crippen LogP contribution in [-0.2, 0) is 14.8 Å². The fourth-order valence-electron chi connectivity index (χ4n) is 1.05. The molecule has 0 unspecified atom stereocenters. The van der Waals surface area contributed by atoms with Gasteiger partial charge in [-0.2, -0.15) is 0 Å². The number of hydrogen-bond acceptors (Lipinski definition) is 5. The Balaban J connectivity index is 3.12. The summed E-state index contributed by atoms with van der Waals surface area (Å²) in [7, 11) is -3.76. The van der Waals surface area contributed by atoms with Crippen molar-refractivity contribution in [1.82, 2.24) is 0 Å². The minimum atomic E-state index is -3.76. The normalized spacial score (nSPS) is 11.4.